The fourth-order valence-corrected chi connectivity index (χ4v) is 8.13. The summed E-state index contributed by atoms with van der Waals surface area (Å²) in [6.07, 6.45) is 10.1. The molecule has 222 valence electrons. The molecule has 0 unspecified atom stereocenters. The summed E-state index contributed by atoms with van der Waals surface area (Å²) in [4.78, 5) is 42.7. The number of hydrogen-bond donors (Lipinski definition) is 0. The van der Waals surface area contributed by atoms with Gasteiger partial charge in [0, 0.05) is 49.4 Å². The monoisotopic (exact) mass is 588 g/mol. The zero-order chi connectivity index (χ0) is 29.2. The van der Waals surface area contributed by atoms with Gasteiger partial charge in [-0.1, -0.05) is 37.1 Å². The third-order valence-electron chi connectivity index (χ3n) is 10.7. The molecule has 8 nitrogen and oxygen atoms in total. The predicted molar refractivity (Wildman–Crippen MR) is 166 cm³/mol. The second-order valence-corrected chi connectivity index (χ2v) is 13.3. The molecule has 5 heterocycles. The molecule has 2 saturated heterocycles. The molecule has 0 N–H and O–H groups in total. The Hall–Kier alpha value is -2.97. The number of rotatable bonds is 5. The van der Waals surface area contributed by atoms with Gasteiger partial charge in [-0.2, -0.15) is 0 Å². The summed E-state index contributed by atoms with van der Waals surface area (Å²) >= 11 is 6.78. The number of amides is 2. The van der Waals surface area contributed by atoms with Crippen LogP contribution in [-0.2, 0) is 15.0 Å². The van der Waals surface area contributed by atoms with Crippen LogP contribution >= 0.6 is 11.6 Å². The number of fused-ring (bicyclic) bond motifs is 3. The van der Waals surface area contributed by atoms with Crippen LogP contribution in [0.5, 0.6) is 0 Å². The molecule has 3 aliphatic heterocycles. The predicted octanol–water partition coefficient (Wildman–Crippen LogP) is 5.97. The van der Waals surface area contributed by atoms with E-state index in [4.69, 9.17) is 16.6 Å². The molecule has 3 aromatic rings. The van der Waals surface area contributed by atoms with Crippen LogP contribution in [0.1, 0.15) is 83.7 Å². The lowest BCUT2D eigenvalue weighted by molar-refractivity contribution is -0.134. The van der Waals surface area contributed by atoms with Crippen molar-refractivity contribution >= 4 is 40.1 Å². The second kappa shape index (κ2) is 10.6. The highest BCUT2D eigenvalue weighted by Crippen LogP contribution is 2.52. The van der Waals surface area contributed by atoms with E-state index >= 15 is 0 Å². The molecule has 4 aliphatic rings. The minimum Gasteiger partial charge on any atom is -0.343 e. The first-order valence-electron chi connectivity index (χ1n) is 15.8. The average molecular weight is 589 g/mol. The van der Waals surface area contributed by atoms with E-state index in [2.05, 4.69) is 51.4 Å². The van der Waals surface area contributed by atoms with Gasteiger partial charge >= 0.3 is 0 Å². The number of nitrogens with zero attached hydrogens (tertiary/aromatic N) is 6. The number of piperidine rings is 2. The van der Waals surface area contributed by atoms with E-state index < -0.39 is 5.41 Å². The van der Waals surface area contributed by atoms with Gasteiger partial charge in [0.2, 0.25) is 11.8 Å². The number of imidazole rings is 1. The highest BCUT2D eigenvalue weighted by atomic mass is 35.5. The fraction of sp³-hybridized carbons (Fsp3) is 0.576. The van der Waals surface area contributed by atoms with Gasteiger partial charge in [-0.05, 0) is 82.7 Å². The summed E-state index contributed by atoms with van der Waals surface area (Å²) in [5.74, 6) is 0.300. The first-order chi connectivity index (χ1) is 20.3. The minimum atomic E-state index is -0.569. The van der Waals surface area contributed by atoms with Crippen molar-refractivity contribution in [3.8, 4) is 11.3 Å². The summed E-state index contributed by atoms with van der Waals surface area (Å²) in [5.41, 5.74) is 4.95. The molecule has 7 rings (SSSR count). The van der Waals surface area contributed by atoms with E-state index in [-0.39, 0.29) is 23.9 Å². The van der Waals surface area contributed by atoms with Crippen molar-refractivity contribution in [2.24, 2.45) is 0 Å². The summed E-state index contributed by atoms with van der Waals surface area (Å²) in [6, 6.07) is 9.44. The Labute approximate surface area is 253 Å². The van der Waals surface area contributed by atoms with Gasteiger partial charge in [-0.15, -0.1) is 0 Å². The maximum absolute atomic E-state index is 14.5. The van der Waals surface area contributed by atoms with Crippen LogP contribution < -0.4 is 4.90 Å². The summed E-state index contributed by atoms with van der Waals surface area (Å²) in [5, 5.41) is 0.449. The van der Waals surface area contributed by atoms with Crippen LogP contribution in [0.4, 0.5) is 5.69 Å². The summed E-state index contributed by atoms with van der Waals surface area (Å²) < 4.78 is 2.10. The number of carbonyl (C=O) groups is 2. The molecule has 42 heavy (non-hydrogen) atoms. The van der Waals surface area contributed by atoms with Crippen LogP contribution in [0.2, 0.25) is 5.15 Å². The number of pyridine rings is 1. The first-order valence-corrected chi connectivity index (χ1v) is 16.2. The van der Waals surface area contributed by atoms with E-state index in [1.54, 1.807) is 6.92 Å². The molecule has 1 saturated carbocycles. The standard InChI is InChI=1S/C33H41ClN6O2/c1-4-21(2)39-20-35-28-19-27(36-31(34)30(28)39)23-8-9-26-29(16-23)40(25-17-24(18-25)38-12-6-5-7-13-38)32(42)33(26)10-14-37(15-11-33)22(3)41/h8-9,16,19-21,24-25H,4-7,10-15,17-18H2,1-3H3/t21-,24?,25?/m0/s1. The van der Waals surface area contributed by atoms with Crippen molar-refractivity contribution in [2.45, 2.75) is 95.7 Å². The second-order valence-electron chi connectivity index (χ2n) is 12.9. The zero-order valence-electron chi connectivity index (χ0n) is 25.0. The van der Waals surface area contributed by atoms with Gasteiger partial charge in [-0.25, -0.2) is 9.97 Å². The normalized spacial score (nSPS) is 24.7. The molecular formula is C33H41ClN6O2. The number of anilines is 1. The fourth-order valence-electron chi connectivity index (χ4n) is 7.84. The van der Waals surface area contributed by atoms with E-state index in [1.807, 2.05) is 17.3 Å². The molecule has 1 aliphatic carbocycles. The Morgan fingerprint density at radius 1 is 1.07 bits per heavy atom. The number of benzene rings is 1. The van der Waals surface area contributed by atoms with Crippen molar-refractivity contribution in [3.63, 3.8) is 0 Å². The Bertz CT molecular complexity index is 1530. The van der Waals surface area contributed by atoms with Gasteiger partial charge in [0.1, 0.15) is 5.52 Å². The lowest BCUT2D eigenvalue weighted by Crippen LogP contribution is -2.58. The number of likely N-dealkylation sites (tertiary alicyclic amines) is 2. The smallest absolute Gasteiger partial charge is 0.238 e. The van der Waals surface area contributed by atoms with Crippen molar-refractivity contribution in [1.82, 2.24) is 24.3 Å². The quantitative estimate of drug-likeness (QED) is 0.344. The van der Waals surface area contributed by atoms with Crippen LogP contribution in [0.25, 0.3) is 22.3 Å². The van der Waals surface area contributed by atoms with E-state index in [0.29, 0.717) is 37.1 Å². The molecule has 1 aromatic carbocycles. The zero-order valence-corrected chi connectivity index (χ0v) is 25.7. The molecule has 1 atom stereocenters. The lowest BCUT2D eigenvalue weighted by atomic mass is 9.73. The largest absolute Gasteiger partial charge is 0.343 e. The van der Waals surface area contributed by atoms with Gasteiger partial charge in [0.25, 0.3) is 0 Å². The highest BCUT2D eigenvalue weighted by molar-refractivity contribution is 6.34. The molecule has 0 bridgehead atoms. The molecule has 9 heteroatoms. The SMILES string of the molecule is CC[C@H](C)n1cnc2cc(-c3ccc4c(c3)N(C3CC(N5CCCCC5)C3)C(=O)C43CCN(C(C)=O)CC3)nc(Cl)c21. The third kappa shape index (κ3) is 4.36. The number of halogens is 1. The lowest BCUT2D eigenvalue weighted by Gasteiger charge is -2.48. The molecular weight excluding hydrogens is 548 g/mol. The minimum absolute atomic E-state index is 0.0835. The van der Waals surface area contributed by atoms with Gasteiger partial charge in [0.05, 0.1) is 23.0 Å². The third-order valence-corrected chi connectivity index (χ3v) is 11.0. The Kier molecular flexibility index (Phi) is 7.05. The van der Waals surface area contributed by atoms with Crippen LogP contribution in [-0.4, -0.2) is 74.4 Å². The topological polar surface area (TPSA) is 74.6 Å². The number of hydrogen-bond acceptors (Lipinski definition) is 5. The molecule has 2 aromatic heterocycles. The Morgan fingerprint density at radius 3 is 2.50 bits per heavy atom. The number of carbonyl (C=O) groups excluding carboxylic acids is 2. The van der Waals surface area contributed by atoms with Crippen LogP contribution in [0, 0.1) is 0 Å². The number of aromatic nitrogens is 3. The van der Waals surface area contributed by atoms with Crippen molar-refractivity contribution in [2.75, 3.05) is 31.1 Å². The summed E-state index contributed by atoms with van der Waals surface area (Å²) in [6.45, 7) is 9.52. The van der Waals surface area contributed by atoms with E-state index in [0.717, 1.165) is 52.8 Å². The Morgan fingerprint density at radius 2 is 1.81 bits per heavy atom. The molecule has 1 spiro atoms. The van der Waals surface area contributed by atoms with Crippen molar-refractivity contribution in [1.29, 1.82) is 0 Å². The molecule has 0 radical (unpaired) electrons. The van der Waals surface area contributed by atoms with Gasteiger partial charge < -0.3 is 19.3 Å². The van der Waals surface area contributed by atoms with E-state index in [9.17, 15) is 9.59 Å². The highest BCUT2D eigenvalue weighted by Gasteiger charge is 2.55. The van der Waals surface area contributed by atoms with E-state index in [1.165, 1.54) is 32.4 Å². The average Bonchev–Trinajstić information content (AvgIpc) is 3.51. The van der Waals surface area contributed by atoms with Crippen LogP contribution in [0.15, 0.2) is 30.6 Å². The molecule has 2 amide bonds. The van der Waals surface area contributed by atoms with Crippen LogP contribution in [0.3, 0.4) is 0 Å². The first kappa shape index (κ1) is 27.8. The van der Waals surface area contributed by atoms with Crippen molar-refractivity contribution < 1.29 is 9.59 Å². The maximum Gasteiger partial charge on any atom is 0.238 e. The maximum atomic E-state index is 14.5. The summed E-state index contributed by atoms with van der Waals surface area (Å²) in [7, 11) is 0. The van der Waals surface area contributed by atoms with Gasteiger partial charge in [0.15, 0.2) is 5.15 Å². The molecule has 3 fully saturated rings. The Balaban J connectivity index is 1.25. The van der Waals surface area contributed by atoms with Gasteiger partial charge in [-0.3, -0.25) is 9.59 Å². The van der Waals surface area contributed by atoms with Crippen molar-refractivity contribution in [3.05, 3.63) is 41.3 Å².